The summed E-state index contributed by atoms with van der Waals surface area (Å²) in [6, 6.07) is 17.1. The van der Waals surface area contributed by atoms with Gasteiger partial charge in [-0.2, -0.15) is 0 Å². The minimum atomic E-state index is -0.481. The number of aliphatic hydroxyl groups is 1. The maximum atomic E-state index is 13.0. The van der Waals surface area contributed by atoms with Crippen molar-refractivity contribution in [2.24, 2.45) is 5.92 Å². The minimum absolute atomic E-state index is 0.113. The molecule has 2 aromatic carbocycles. The van der Waals surface area contributed by atoms with Crippen molar-refractivity contribution < 1.29 is 24.2 Å². The largest absolute Gasteiger partial charge is 0.496 e. The number of carbonyl (C=O) groups is 2. The number of amides is 2. The van der Waals surface area contributed by atoms with E-state index in [-0.39, 0.29) is 36.0 Å². The lowest BCUT2D eigenvalue weighted by atomic mass is 9.68. The zero-order valence-corrected chi connectivity index (χ0v) is 21.0. The molecule has 1 saturated carbocycles. The Morgan fingerprint density at radius 3 is 2.37 bits per heavy atom. The average molecular weight is 483 g/mol. The van der Waals surface area contributed by atoms with Gasteiger partial charge in [0.15, 0.2) is 0 Å². The number of ether oxygens (including phenoxy) is 2. The third-order valence-electron chi connectivity index (χ3n) is 7.32. The average Bonchev–Trinajstić information content (AvgIpc) is 2.91. The monoisotopic (exact) mass is 482 g/mol. The molecule has 0 radical (unpaired) electrons. The van der Waals surface area contributed by atoms with Gasteiger partial charge < -0.3 is 25.2 Å². The van der Waals surface area contributed by atoms with Crippen LogP contribution in [0.3, 0.4) is 0 Å². The van der Waals surface area contributed by atoms with E-state index in [1.807, 2.05) is 44.2 Å². The summed E-state index contributed by atoms with van der Waals surface area (Å²) in [4.78, 5) is 25.4. The van der Waals surface area contributed by atoms with Gasteiger partial charge >= 0.3 is 6.09 Å². The molecule has 0 aliphatic heterocycles. The van der Waals surface area contributed by atoms with Gasteiger partial charge in [-0.05, 0) is 49.3 Å². The number of hydrogen-bond acceptors (Lipinski definition) is 5. The number of methoxy groups -OCH3 is 1. The molecule has 1 aliphatic carbocycles. The highest BCUT2D eigenvalue weighted by Gasteiger charge is 2.38. The van der Waals surface area contributed by atoms with Crippen LogP contribution in [0.4, 0.5) is 4.79 Å². The van der Waals surface area contributed by atoms with E-state index in [1.165, 1.54) is 5.56 Å². The Kier molecular flexibility index (Phi) is 9.55. The first-order chi connectivity index (χ1) is 16.9. The predicted molar refractivity (Wildman–Crippen MR) is 136 cm³/mol. The van der Waals surface area contributed by atoms with Crippen LogP contribution in [0.15, 0.2) is 54.6 Å². The van der Waals surface area contributed by atoms with E-state index < -0.39 is 6.09 Å². The first-order valence-corrected chi connectivity index (χ1v) is 12.5. The lowest BCUT2D eigenvalue weighted by Gasteiger charge is -2.40. The summed E-state index contributed by atoms with van der Waals surface area (Å²) in [5.41, 5.74) is 1.42. The second-order valence-electron chi connectivity index (χ2n) is 9.45. The van der Waals surface area contributed by atoms with Crippen molar-refractivity contribution in [2.45, 2.75) is 63.5 Å². The van der Waals surface area contributed by atoms with Crippen LogP contribution in [0, 0.1) is 5.92 Å². The molecule has 7 heteroatoms. The molecule has 2 amide bonds. The summed E-state index contributed by atoms with van der Waals surface area (Å²) < 4.78 is 11.1. The van der Waals surface area contributed by atoms with Crippen molar-refractivity contribution in [3.63, 3.8) is 0 Å². The Labute approximate surface area is 208 Å². The molecule has 7 nitrogen and oxygen atoms in total. The van der Waals surface area contributed by atoms with Crippen LogP contribution in [0.2, 0.25) is 0 Å². The summed E-state index contributed by atoms with van der Waals surface area (Å²) in [6.45, 7) is 4.39. The standard InChI is InChI=1S/C28H38N2O5/c1-4-20(2)24(18-31)30-27(33)35-22-14-16-28(17-15-22,21-10-6-5-7-11-21)19-29-26(32)23-12-8-9-13-25(23)34-3/h5-13,20,22,24,31H,4,14-19H2,1-3H3,(H,29,32)(H,30,33). The molecular weight excluding hydrogens is 444 g/mol. The Morgan fingerprint density at radius 1 is 1.09 bits per heavy atom. The van der Waals surface area contributed by atoms with Crippen LogP contribution in [-0.4, -0.2) is 49.5 Å². The van der Waals surface area contributed by atoms with Crippen LogP contribution in [-0.2, 0) is 10.2 Å². The summed E-state index contributed by atoms with van der Waals surface area (Å²) in [5, 5.41) is 15.5. The number of aliphatic hydroxyl groups excluding tert-OH is 1. The number of nitrogens with one attached hydrogen (secondary N) is 2. The number of carbonyl (C=O) groups excluding carboxylic acids is 2. The lowest BCUT2D eigenvalue weighted by molar-refractivity contribution is 0.0505. The zero-order valence-electron chi connectivity index (χ0n) is 21.0. The van der Waals surface area contributed by atoms with E-state index in [0.717, 1.165) is 19.3 Å². The fourth-order valence-corrected chi connectivity index (χ4v) is 4.79. The molecule has 2 unspecified atom stereocenters. The smallest absolute Gasteiger partial charge is 0.407 e. The van der Waals surface area contributed by atoms with Crippen molar-refractivity contribution in [1.82, 2.24) is 10.6 Å². The van der Waals surface area contributed by atoms with Crippen LogP contribution >= 0.6 is 0 Å². The summed E-state index contributed by atoms with van der Waals surface area (Å²) in [6.07, 6.45) is 3.11. The second-order valence-corrected chi connectivity index (χ2v) is 9.45. The third kappa shape index (κ3) is 6.75. The van der Waals surface area contributed by atoms with Gasteiger partial charge in [0.05, 0.1) is 25.3 Å². The Balaban J connectivity index is 1.65. The van der Waals surface area contributed by atoms with Gasteiger partial charge in [-0.1, -0.05) is 62.7 Å². The molecule has 3 rings (SSSR count). The van der Waals surface area contributed by atoms with Crippen molar-refractivity contribution in [3.8, 4) is 5.75 Å². The fourth-order valence-electron chi connectivity index (χ4n) is 4.79. The van der Waals surface area contributed by atoms with Crippen molar-refractivity contribution >= 4 is 12.0 Å². The molecule has 1 fully saturated rings. The highest BCUT2D eigenvalue weighted by molar-refractivity contribution is 5.97. The number of para-hydroxylation sites is 1. The highest BCUT2D eigenvalue weighted by Crippen LogP contribution is 2.40. The van der Waals surface area contributed by atoms with Crippen molar-refractivity contribution in [1.29, 1.82) is 0 Å². The number of alkyl carbamates (subject to hydrolysis) is 1. The molecule has 35 heavy (non-hydrogen) atoms. The SMILES string of the molecule is CCC(C)C(CO)NC(=O)OC1CCC(CNC(=O)c2ccccc2OC)(c2ccccc2)CC1. The molecular formula is C28H38N2O5. The van der Waals surface area contributed by atoms with Crippen LogP contribution in [0.5, 0.6) is 5.75 Å². The van der Waals surface area contributed by atoms with Crippen molar-refractivity contribution in [2.75, 3.05) is 20.3 Å². The Hall–Kier alpha value is -3.06. The summed E-state index contributed by atoms with van der Waals surface area (Å²) >= 11 is 0. The molecule has 0 saturated heterocycles. The number of rotatable bonds is 10. The van der Waals surface area contributed by atoms with Gasteiger partial charge in [-0.25, -0.2) is 4.79 Å². The van der Waals surface area contributed by atoms with Crippen LogP contribution in [0.25, 0.3) is 0 Å². The first kappa shape index (κ1) is 26.5. The van der Waals surface area contributed by atoms with Gasteiger partial charge in [0.1, 0.15) is 11.9 Å². The fraction of sp³-hybridized carbons (Fsp3) is 0.500. The third-order valence-corrected chi connectivity index (χ3v) is 7.32. The molecule has 0 bridgehead atoms. The quantitative estimate of drug-likeness (QED) is 0.465. The highest BCUT2D eigenvalue weighted by atomic mass is 16.6. The van der Waals surface area contributed by atoms with Gasteiger partial charge in [0.25, 0.3) is 5.91 Å². The molecule has 3 N–H and O–H groups in total. The lowest BCUT2D eigenvalue weighted by Crippen LogP contribution is -2.46. The normalized spacial score (nSPS) is 21.4. The minimum Gasteiger partial charge on any atom is -0.496 e. The van der Waals surface area contributed by atoms with Crippen LogP contribution < -0.4 is 15.4 Å². The maximum Gasteiger partial charge on any atom is 0.407 e. The number of benzene rings is 2. The Morgan fingerprint density at radius 2 is 1.74 bits per heavy atom. The van der Waals surface area contributed by atoms with E-state index in [9.17, 15) is 14.7 Å². The van der Waals surface area contributed by atoms with Gasteiger partial charge in [0, 0.05) is 12.0 Å². The zero-order chi connectivity index (χ0) is 25.3. The molecule has 190 valence electrons. The molecule has 1 aliphatic rings. The predicted octanol–water partition coefficient (Wildman–Crippen LogP) is 4.44. The van der Waals surface area contributed by atoms with E-state index >= 15 is 0 Å². The molecule has 0 spiro atoms. The van der Waals surface area contributed by atoms with E-state index in [1.54, 1.807) is 19.2 Å². The second kappa shape index (κ2) is 12.6. The topological polar surface area (TPSA) is 96.9 Å². The molecule has 2 atom stereocenters. The molecule has 2 aromatic rings. The summed E-state index contributed by atoms with van der Waals surface area (Å²) in [5.74, 6) is 0.535. The van der Waals surface area contributed by atoms with Gasteiger partial charge in [0.2, 0.25) is 0 Å². The van der Waals surface area contributed by atoms with E-state index in [2.05, 4.69) is 22.8 Å². The van der Waals surface area contributed by atoms with Crippen molar-refractivity contribution in [3.05, 3.63) is 65.7 Å². The maximum absolute atomic E-state index is 13.0. The number of hydrogen-bond donors (Lipinski definition) is 3. The van der Waals surface area contributed by atoms with E-state index in [0.29, 0.717) is 30.7 Å². The van der Waals surface area contributed by atoms with Gasteiger partial charge in [-0.15, -0.1) is 0 Å². The van der Waals surface area contributed by atoms with Crippen LogP contribution in [0.1, 0.15) is 61.9 Å². The molecule has 0 heterocycles. The Bertz CT molecular complexity index is 957. The van der Waals surface area contributed by atoms with E-state index in [4.69, 9.17) is 9.47 Å². The molecule has 0 aromatic heterocycles. The summed E-state index contributed by atoms with van der Waals surface area (Å²) in [7, 11) is 1.56. The van der Waals surface area contributed by atoms with Gasteiger partial charge in [-0.3, -0.25) is 4.79 Å². The first-order valence-electron chi connectivity index (χ1n) is 12.5.